The quantitative estimate of drug-likeness (QED) is 0.826. The summed E-state index contributed by atoms with van der Waals surface area (Å²) in [6, 6.07) is 0.329. The van der Waals surface area contributed by atoms with Crippen LogP contribution < -0.4 is 0 Å². The Morgan fingerprint density at radius 2 is 2.21 bits per heavy atom. The number of aromatic nitrogens is 2. The van der Waals surface area contributed by atoms with Crippen LogP contribution >= 0.6 is 0 Å². The smallest absolute Gasteiger partial charge is 0.257 e. The second kappa shape index (κ2) is 5.74. The van der Waals surface area contributed by atoms with Gasteiger partial charge < -0.3 is 9.80 Å². The molecule has 2 rings (SSSR count). The number of hydrogen-bond acceptors (Lipinski definition) is 3. The molecule has 1 atom stereocenters. The van der Waals surface area contributed by atoms with Gasteiger partial charge in [0.15, 0.2) is 0 Å². The van der Waals surface area contributed by atoms with Crippen LogP contribution in [0.5, 0.6) is 0 Å². The van der Waals surface area contributed by atoms with Crippen molar-refractivity contribution < 1.29 is 4.79 Å². The molecule has 5 heteroatoms. The van der Waals surface area contributed by atoms with Crippen LogP contribution in [0.15, 0.2) is 6.20 Å². The summed E-state index contributed by atoms with van der Waals surface area (Å²) >= 11 is 0. The molecule has 0 aliphatic carbocycles. The van der Waals surface area contributed by atoms with Gasteiger partial charge in [0.1, 0.15) is 0 Å². The number of nitrogens with zero attached hydrogens (tertiary/aromatic N) is 4. The lowest BCUT2D eigenvalue weighted by Gasteiger charge is -2.37. The van der Waals surface area contributed by atoms with Gasteiger partial charge in [0.25, 0.3) is 5.91 Å². The summed E-state index contributed by atoms with van der Waals surface area (Å²) < 4.78 is 1.76. The third-order valence-corrected chi connectivity index (χ3v) is 3.93. The maximum atomic E-state index is 12.7. The highest BCUT2D eigenvalue weighted by Crippen LogP contribution is 2.21. The van der Waals surface area contributed by atoms with Crippen LogP contribution in [0.2, 0.25) is 0 Å². The fraction of sp³-hybridized carbons (Fsp3) is 0.714. The molecule has 0 saturated carbocycles. The molecule has 0 N–H and O–H groups in total. The molecule has 1 aliphatic rings. The minimum Gasteiger partial charge on any atom is -0.334 e. The lowest BCUT2D eigenvalue weighted by Crippen LogP contribution is -2.48. The van der Waals surface area contributed by atoms with E-state index < -0.39 is 0 Å². The second-order valence-corrected chi connectivity index (χ2v) is 5.68. The van der Waals surface area contributed by atoms with Crippen LogP contribution in [-0.4, -0.2) is 58.7 Å². The van der Waals surface area contributed by atoms with E-state index >= 15 is 0 Å². The van der Waals surface area contributed by atoms with Crippen molar-refractivity contribution in [1.82, 2.24) is 19.6 Å². The Morgan fingerprint density at radius 3 is 2.79 bits per heavy atom. The highest BCUT2D eigenvalue weighted by molar-refractivity contribution is 5.95. The Balaban J connectivity index is 2.17. The number of likely N-dealkylation sites (N-methyl/N-ethyl adjacent to an activating group) is 1. The first-order valence-corrected chi connectivity index (χ1v) is 6.95. The minimum absolute atomic E-state index is 0.136. The van der Waals surface area contributed by atoms with Gasteiger partial charge in [0, 0.05) is 31.9 Å². The van der Waals surface area contributed by atoms with E-state index in [-0.39, 0.29) is 5.91 Å². The molecule has 0 radical (unpaired) electrons. The Hall–Kier alpha value is -1.36. The van der Waals surface area contributed by atoms with E-state index in [1.165, 1.54) is 6.42 Å². The maximum absolute atomic E-state index is 12.7. The van der Waals surface area contributed by atoms with Crippen molar-refractivity contribution in [2.24, 2.45) is 7.05 Å². The summed E-state index contributed by atoms with van der Waals surface area (Å²) in [5, 5.41) is 4.18. The molecule has 0 spiro atoms. The monoisotopic (exact) mass is 264 g/mol. The highest BCUT2D eigenvalue weighted by Gasteiger charge is 2.29. The van der Waals surface area contributed by atoms with Gasteiger partial charge in [0.05, 0.1) is 11.8 Å². The number of amides is 1. The number of piperidine rings is 1. The zero-order valence-electron chi connectivity index (χ0n) is 12.4. The van der Waals surface area contributed by atoms with E-state index in [1.807, 2.05) is 18.9 Å². The molecule has 5 nitrogen and oxygen atoms in total. The van der Waals surface area contributed by atoms with E-state index in [9.17, 15) is 4.79 Å². The molecular formula is C14H24N4O. The molecule has 1 aromatic rings. The maximum Gasteiger partial charge on any atom is 0.257 e. The summed E-state index contributed by atoms with van der Waals surface area (Å²) in [5.41, 5.74) is 1.69. The van der Waals surface area contributed by atoms with Crippen LogP contribution in [0.4, 0.5) is 0 Å². The van der Waals surface area contributed by atoms with Gasteiger partial charge in [-0.3, -0.25) is 9.48 Å². The third kappa shape index (κ3) is 2.97. The van der Waals surface area contributed by atoms with Crippen molar-refractivity contribution >= 4 is 5.91 Å². The summed E-state index contributed by atoms with van der Waals surface area (Å²) in [6.07, 6.45) is 5.12. The highest BCUT2D eigenvalue weighted by atomic mass is 16.2. The van der Waals surface area contributed by atoms with E-state index in [2.05, 4.69) is 24.1 Å². The molecular weight excluding hydrogens is 240 g/mol. The zero-order chi connectivity index (χ0) is 14.0. The molecule has 1 amide bonds. The number of hydrogen-bond donors (Lipinski definition) is 0. The van der Waals surface area contributed by atoms with Crippen molar-refractivity contribution in [2.75, 3.05) is 27.2 Å². The average Bonchev–Trinajstić information content (AvgIpc) is 2.69. The number of likely N-dealkylation sites (tertiary alicyclic amines) is 1. The lowest BCUT2D eigenvalue weighted by molar-refractivity contribution is 0.0574. The van der Waals surface area contributed by atoms with Crippen molar-refractivity contribution in [2.45, 2.75) is 32.2 Å². The van der Waals surface area contributed by atoms with Crippen LogP contribution in [0.25, 0.3) is 0 Å². The number of carbonyl (C=O) groups is 1. The van der Waals surface area contributed by atoms with Gasteiger partial charge in [-0.15, -0.1) is 0 Å². The van der Waals surface area contributed by atoms with Gasteiger partial charge in [-0.05, 0) is 40.3 Å². The van der Waals surface area contributed by atoms with Crippen molar-refractivity contribution in [3.8, 4) is 0 Å². The molecule has 1 fully saturated rings. The average molecular weight is 264 g/mol. The van der Waals surface area contributed by atoms with Gasteiger partial charge in [-0.25, -0.2) is 0 Å². The summed E-state index contributed by atoms with van der Waals surface area (Å²) in [7, 11) is 6.00. The lowest BCUT2D eigenvalue weighted by atomic mass is 10.0. The van der Waals surface area contributed by atoms with Gasteiger partial charge >= 0.3 is 0 Å². The van der Waals surface area contributed by atoms with Gasteiger partial charge in [-0.2, -0.15) is 5.10 Å². The van der Waals surface area contributed by atoms with Crippen molar-refractivity contribution in [1.29, 1.82) is 0 Å². The number of rotatable bonds is 3. The molecule has 0 aromatic carbocycles. The molecule has 0 unspecified atom stereocenters. The normalized spacial score (nSPS) is 20.1. The van der Waals surface area contributed by atoms with E-state index in [1.54, 1.807) is 10.9 Å². The zero-order valence-corrected chi connectivity index (χ0v) is 12.4. The van der Waals surface area contributed by atoms with Gasteiger partial charge in [0.2, 0.25) is 0 Å². The summed E-state index contributed by atoms with van der Waals surface area (Å²) in [5.74, 6) is 0.136. The van der Waals surface area contributed by atoms with E-state index in [4.69, 9.17) is 0 Å². The Bertz CT molecular complexity index is 452. The summed E-state index contributed by atoms with van der Waals surface area (Å²) in [6.45, 7) is 3.75. The van der Waals surface area contributed by atoms with Crippen LogP contribution in [0.3, 0.4) is 0 Å². The van der Waals surface area contributed by atoms with Crippen LogP contribution in [0.1, 0.15) is 35.3 Å². The molecule has 1 saturated heterocycles. The predicted molar refractivity (Wildman–Crippen MR) is 75.2 cm³/mol. The largest absolute Gasteiger partial charge is 0.334 e. The van der Waals surface area contributed by atoms with Gasteiger partial charge in [-0.1, -0.05) is 0 Å². The topological polar surface area (TPSA) is 41.4 Å². The Kier molecular flexibility index (Phi) is 4.24. The SMILES string of the molecule is Cc1c(C(=O)N2CCCC[C@H]2CN(C)C)cnn1C. The molecule has 19 heavy (non-hydrogen) atoms. The summed E-state index contributed by atoms with van der Waals surface area (Å²) in [4.78, 5) is 16.9. The second-order valence-electron chi connectivity index (χ2n) is 5.68. The van der Waals surface area contributed by atoms with E-state index in [0.29, 0.717) is 6.04 Å². The fourth-order valence-electron chi connectivity index (χ4n) is 2.74. The Morgan fingerprint density at radius 1 is 1.47 bits per heavy atom. The standard InChI is InChI=1S/C14H24N4O/c1-11-13(9-15-17(11)4)14(19)18-8-6-5-7-12(18)10-16(2)3/h9,12H,5-8,10H2,1-4H3/t12-/m0/s1. The molecule has 1 aromatic heterocycles. The first-order valence-electron chi connectivity index (χ1n) is 6.95. The van der Waals surface area contributed by atoms with Crippen LogP contribution in [0, 0.1) is 6.92 Å². The first-order chi connectivity index (χ1) is 9.00. The minimum atomic E-state index is 0.136. The molecule has 2 heterocycles. The number of carbonyl (C=O) groups excluding carboxylic acids is 1. The van der Waals surface area contributed by atoms with Crippen LogP contribution in [-0.2, 0) is 7.05 Å². The first kappa shape index (κ1) is 14.1. The number of aryl methyl sites for hydroxylation is 1. The fourth-order valence-corrected chi connectivity index (χ4v) is 2.74. The van der Waals surface area contributed by atoms with E-state index in [0.717, 1.165) is 37.2 Å². The van der Waals surface area contributed by atoms with Crippen molar-refractivity contribution in [3.63, 3.8) is 0 Å². The molecule has 106 valence electrons. The predicted octanol–water partition coefficient (Wildman–Crippen LogP) is 1.28. The third-order valence-electron chi connectivity index (χ3n) is 3.93. The molecule has 1 aliphatic heterocycles. The Labute approximate surface area is 115 Å². The van der Waals surface area contributed by atoms with Crippen molar-refractivity contribution in [3.05, 3.63) is 17.5 Å². The molecule has 0 bridgehead atoms.